The van der Waals surface area contributed by atoms with Gasteiger partial charge < -0.3 is 11.1 Å². The van der Waals surface area contributed by atoms with E-state index in [2.05, 4.69) is 46.4 Å². The van der Waals surface area contributed by atoms with Gasteiger partial charge in [-0.3, -0.25) is 0 Å². The number of halogens is 1. The molecule has 0 fully saturated rings. The van der Waals surface area contributed by atoms with Crippen LogP contribution in [0.15, 0.2) is 22.7 Å². The zero-order valence-corrected chi connectivity index (χ0v) is 10.1. The number of hydrogen-bond donors (Lipinski definition) is 2. The van der Waals surface area contributed by atoms with E-state index in [-0.39, 0.29) is 0 Å². The Morgan fingerprint density at radius 2 is 2.21 bits per heavy atom. The lowest BCUT2D eigenvalue weighted by molar-refractivity contribution is 0.653. The van der Waals surface area contributed by atoms with E-state index < -0.39 is 0 Å². The first-order chi connectivity index (χ1) is 6.74. The Morgan fingerprint density at radius 1 is 1.43 bits per heavy atom. The van der Waals surface area contributed by atoms with Crippen LogP contribution >= 0.6 is 15.9 Å². The molecule has 14 heavy (non-hydrogen) atoms. The third-order valence-corrected chi connectivity index (χ3v) is 2.68. The van der Waals surface area contributed by atoms with Crippen LogP contribution in [0.1, 0.15) is 17.5 Å². The lowest BCUT2D eigenvalue weighted by Crippen LogP contribution is -2.18. The highest BCUT2D eigenvalue weighted by Crippen LogP contribution is 2.15. The number of hydrogen-bond acceptors (Lipinski definition) is 2. The van der Waals surface area contributed by atoms with E-state index in [1.807, 2.05) is 0 Å². The number of benzene rings is 1. The minimum absolute atomic E-state index is 0.754. The van der Waals surface area contributed by atoms with Gasteiger partial charge in [-0.25, -0.2) is 0 Å². The summed E-state index contributed by atoms with van der Waals surface area (Å²) in [6.45, 7) is 4.80. The van der Waals surface area contributed by atoms with Crippen LogP contribution in [0.2, 0.25) is 0 Å². The van der Waals surface area contributed by atoms with Crippen molar-refractivity contribution in [2.75, 3.05) is 13.1 Å². The highest BCUT2D eigenvalue weighted by molar-refractivity contribution is 9.10. The van der Waals surface area contributed by atoms with Crippen LogP contribution < -0.4 is 11.1 Å². The van der Waals surface area contributed by atoms with Gasteiger partial charge in [0.05, 0.1) is 0 Å². The lowest BCUT2D eigenvalue weighted by Gasteiger charge is -2.07. The summed E-state index contributed by atoms with van der Waals surface area (Å²) in [6, 6.07) is 6.35. The van der Waals surface area contributed by atoms with E-state index >= 15 is 0 Å². The van der Waals surface area contributed by atoms with Gasteiger partial charge >= 0.3 is 0 Å². The average Bonchev–Trinajstić information content (AvgIpc) is 2.18. The molecule has 2 nitrogen and oxygen atoms in total. The first-order valence-corrected chi connectivity index (χ1v) is 5.69. The van der Waals surface area contributed by atoms with Gasteiger partial charge in [-0.05, 0) is 49.7 Å². The molecule has 0 aromatic heterocycles. The quantitative estimate of drug-likeness (QED) is 0.793. The smallest absolute Gasteiger partial charge is 0.0208 e. The molecule has 0 spiro atoms. The van der Waals surface area contributed by atoms with Gasteiger partial charge in [0.25, 0.3) is 0 Å². The SMILES string of the molecule is Cc1ccc(Br)cc1CNCCCN. The normalized spacial score (nSPS) is 10.5. The molecule has 1 rings (SSSR count). The lowest BCUT2D eigenvalue weighted by atomic mass is 10.1. The monoisotopic (exact) mass is 256 g/mol. The van der Waals surface area contributed by atoms with Gasteiger partial charge in [-0.15, -0.1) is 0 Å². The summed E-state index contributed by atoms with van der Waals surface area (Å²) >= 11 is 3.47. The van der Waals surface area contributed by atoms with E-state index in [1.165, 1.54) is 11.1 Å². The molecular weight excluding hydrogens is 240 g/mol. The van der Waals surface area contributed by atoms with Gasteiger partial charge in [-0.1, -0.05) is 22.0 Å². The predicted octanol–water partition coefficient (Wildman–Crippen LogP) is 2.20. The van der Waals surface area contributed by atoms with Crippen LogP contribution in [-0.2, 0) is 6.54 Å². The zero-order chi connectivity index (χ0) is 10.4. The summed E-state index contributed by atoms with van der Waals surface area (Å²) in [6.07, 6.45) is 1.03. The molecule has 0 heterocycles. The summed E-state index contributed by atoms with van der Waals surface area (Å²) in [5, 5.41) is 3.37. The zero-order valence-electron chi connectivity index (χ0n) is 8.52. The van der Waals surface area contributed by atoms with E-state index in [4.69, 9.17) is 5.73 Å². The maximum Gasteiger partial charge on any atom is 0.0208 e. The molecule has 0 aliphatic carbocycles. The van der Waals surface area contributed by atoms with Crippen molar-refractivity contribution in [3.8, 4) is 0 Å². The Labute approximate surface area is 94.0 Å². The molecule has 0 unspecified atom stereocenters. The van der Waals surface area contributed by atoms with Crippen molar-refractivity contribution in [2.45, 2.75) is 19.9 Å². The summed E-state index contributed by atoms with van der Waals surface area (Å²) in [4.78, 5) is 0. The third-order valence-electron chi connectivity index (χ3n) is 2.18. The number of rotatable bonds is 5. The minimum atomic E-state index is 0.754. The number of nitrogens with two attached hydrogens (primary N) is 1. The molecule has 0 radical (unpaired) electrons. The summed E-state index contributed by atoms with van der Waals surface area (Å²) < 4.78 is 1.14. The van der Waals surface area contributed by atoms with Crippen LogP contribution in [0.25, 0.3) is 0 Å². The molecule has 0 bridgehead atoms. The van der Waals surface area contributed by atoms with Crippen LogP contribution in [0.4, 0.5) is 0 Å². The van der Waals surface area contributed by atoms with Crippen LogP contribution in [0, 0.1) is 6.92 Å². The number of aryl methyl sites for hydroxylation is 1. The molecule has 3 heteroatoms. The Bertz CT molecular complexity index is 287. The van der Waals surface area contributed by atoms with Crippen molar-refractivity contribution in [1.82, 2.24) is 5.32 Å². The first kappa shape index (κ1) is 11.7. The maximum atomic E-state index is 5.41. The van der Waals surface area contributed by atoms with Crippen molar-refractivity contribution in [2.24, 2.45) is 5.73 Å². The van der Waals surface area contributed by atoms with E-state index in [1.54, 1.807) is 0 Å². The van der Waals surface area contributed by atoms with Crippen molar-refractivity contribution in [3.05, 3.63) is 33.8 Å². The molecule has 0 aliphatic heterocycles. The largest absolute Gasteiger partial charge is 0.330 e. The van der Waals surface area contributed by atoms with Gasteiger partial charge in [0.1, 0.15) is 0 Å². The highest BCUT2D eigenvalue weighted by atomic mass is 79.9. The fraction of sp³-hybridized carbons (Fsp3) is 0.455. The second-order valence-electron chi connectivity index (χ2n) is 3.39. The van der Waals surface area contributed by atoms with Gasteiger partial charge in [-0.2, -0.15) is 0 Å². The second-order valence-corrected chi connectivity index (χ2v) is 4.31. The summed E-state index contributed by atoms with van der Waals surface area (Å²) in [7, 11) is 0. The Morgan fingerprint density at radius 3 is 2.93 bits per heavy atom. The van der Waals surface area contributed by atoms with E-state index in [9.17, 15) is 0 Å². The van der Waals surface area contributed by atoms with Gasteiger partial charge in [0, 0.05) is 11.0 Å². The van der Waals surface area contributed by atoms with Gasteiger partial charge in [0.2, 0.25) is 0 Å². The summed E-state index contributed by atoms with van der Waals surface area (Å²) in [5.74, 6) is 0. The molecule has 1 aromatic rings. The maximum absolute atomic E-state index is 5.41. The highest BCUT2D eigenvalue weighted by Gasteiger charge is 1.98. The molecule has 3 N–H and O–H groups in total. The van der Waals surface area contributed by atoms with Crippen LogP contribution in [-0.4, -0.2) is 13.1 Å². The molecule has 0 saturated heterocycles. The van der Waals surface area contributed by atoms with Crippen molar-refractivity contribution < 1.29 is 0 Å². The first-order valence-electron chi connectivity index (χ1n) is 4.90. The Hall–Kier alpha value is -0.380. The molecular formula is C11H17BrN2. The fourth-order valence-electron chi connectivity index (χ4n) is 1.28. The summed E-state index contributed by atoms with van der Waals surface area (Å²) in [5.41, 5.74) is 8.09. The average molecular weight is 257 g/mol. The van der Waals surface area contributed by atoms with Crippen LogP contribution in [0.5, 0.6) is 0 Å². The fourth-order valence-corrected chi connectivity index (χ4v) is 1.69. The van der Waals surface area contributed by atoms with Gasteiger partial charge in [0.15, 0.2) is 0 Å². The minimum Gasteiger partial charge on any atom is -0.330 e. The van der Waals surface area contributed by atoms with Crippen LogP contribution in [0.3, 0.4) is 0 Å². The number of nitrogens with one attached hydrogen (secondary N) is 1. The molecule has 0 saturated carbocycles. The van der Waals surface area contributed by atoms with E-state index in [0.29, 0.717) is 0 Å². The Kier molecular flexibility index (Phi) is 5.15. The van der Waals surface area contributed by atoms with Crippen molar-refractivity contribution >= 4 is 15.9 Å². The molecule has 78 valence electrons. The van der Waals surface area contributed by atoms with Crippen molar-refractivity contribution in [3.63, 3.8) is 0 Å². The second kappa shape index (κ2) is 6.17. The topological polar surface area (TPSA) is 38.0 Å². The molecule has 0 amide bonds. The molecule has 1 aromatic carbocycles. The molecule has 0 aliphatic rings. The Balaban J connectivity index is 2.45. The van der Waals surface area contributed by atoms with Crippen molar-refractivity contribution in [1.29, 1.82) is 0 Å². The van der Waals surface area contributed by atoms with E-state index in [0.717, 1.165) is 30.5 Å². The molecule has 0 atom stereocenters. The standard InChI is InChI=1S/C11H17BrN2/c1-9-3-4-11(12)7-10(9)8-14-6-2-5-13/h3-4,7,14H,2,5-6,8,13H2,1H3. The predicted molar refractivity (Wildman–Crippen MR) is 64.3 cm³/mol. The third kappa shape index (κ3) is 3.78.